The second-order valence-electron chi connectivity index (χ2n) is 5.62. The van der Waals surface area contributed by atoms with Gasteiger partial charge < -0.3 is 9.73 Å². The molecule has 0 bridgehead atoms. The molecule has 108 valence electrons. The van der Waals surface area contributed by atoms with E-state index >= 15 is 0 Å². The largest absolute Gasteiger partial charge is 0.424 e. The fourth-order valence-corrected chi connectivity index (χ4v) is 1.92. The molecule has 0 spiro atoms. The fraction of sp³-hybridized carbons (Fsp3) is 0.429. The van der Waals surface area contributed by atoms with E-state index in [1.807, 2.05) is 6.07 Å². The summed E-state index contributed by atoms with van der Waals surface area (Å²) in [7, 11) is 0. The van der Waals surface area contributed by atoms with E-state index in [9.17, 15) is 0 Å². The number of rotatable bonds is 4. The normalized spacial score (nSPS) is 11.8. The van der Waals surface area contributed by atoms with Crippen LogP contribution in [0.2, 0.25) is 10.0 Å². The first-order chi connectivity index (χ1) is 9.33. The highest BCUT2D eigenvalue weighted by Crippen LogP contribution is 2.23. The van der Waals surface area contributed by atoms with Gasteiger partial charge >= 0.3 is 0 Å². The molecule has 0 saturated heterocycles. The molecule has 0 aliphatic heterocycles. The van der Waals surface area contributed by atoms with E-state index in [1.54, 1.807) is 12.1 Å². The first kappa shape index (κ1) is 15.3. The van der Waals surface area contributed by atoms with Gasteiger partial charge in [-0.1, -0.05) is 29.3 Å². The summed E-state index contributed by atoms with van der Waals surface area (Å²) in [6.07, 6.45) is 0.541. The molecule has 2 aromatic rings. The number of halogens is 2. The van der Waals surface area contributed by atoms with Crippen LogP contribution >= 0.6 is 23.2 Å². The van der Waals surface area contributed by atoms with Crippen LogP contribution in [0.4, 0.5) is 0 Å². The average Bonchev–Trinajstić information content (AvgIpc) is 2.78. The van der Waals surface area contributed by atoms with Gasteiger partial charge in [0.2, 0.25) is 11.8 Å². The molecule has 1 heterocycles. The van der Waals surface area contributed by atoms with Crippen molar-refractivity contribution in [3.05, 3.63) is 45.6 Å². The quantitative estimate of drug-likeness (QED) is 0.931. The van der Waals surface area contributed by atoms with Gasteiger partial charge in [0, 0.05) is 5.54 Å². The minimum Gasteiger partial charge on any atom is -0.424 e. The third-order valence-corrected chi connectivity index (χ3v) is 3.36. The minimum atomic E-state index is 0.0122. The Morgan fingerprint density at radius 1 is 1.10 bits per heavy atom. The summed E-state index contributed by atoms with van der Waals surface area (Å²) in [6, 6.07) is 5.46. The highest BCUT2D eigenvalue weighted by atomic mass is 35.5. The Balaban J connectivity index is 2.00. The maximum Gasteiger partial charge on any atom is 0.230 e. The first-order valence-electron chi connectivity index (χ1n) is 6.34. The molecule has 0 aliphatic rings. The van der Waals surface area contributed by atoms with Gasteiger partial charge in [0.25, 0.3) is 0 Å². The van der Waals surface area contributed by atoms with Gasteiger partial charge in [-0.15, -0.1) is 10.2 Å². The molecule has 1 N–H and O–H groups in total. The molecule has 1 aromatic carbocycles. The van der Waals surface area contributed by atoms with E-state index in [2.05, 4.69) is 36.3 Å². The van der Waals surface area contributed by atoms with Crippen molar-refractivity contribution in [1.29, 1.82) is 0 Å². The topological polar surface area (TPSA) is 51.0 Å². The van der Waals surface area contributed by atoms with E-state index in [0.29, 0.717) is 34.8 Å². The van der Waals surface area contributed by atoms with Gasteiger partial charge in [0.05, 0.1) is 23.0 Å². The maximum atomic E-state index is 5.98. The Hall–Kier alpha value is -1.10. The number of nitrogens with one attached hydrogen (secondary N) is 1. The smallest absolute Gasteiger partial charge is 0.230 e. The van der Waals surface area contributed by atoms with Crippen LogP contribution in [0.1, 0.15) is 38.1 Å². The third kappa shape index (κ3) is 4.47. The molecule has 0 radical (unpaired) electrons. The van der Waals surface area contributed by atoms with Crippen LogP contribution in [-0.4, -0.2) is 15.7 Å². The average molecular weight is 314 g/mol. The summed E-state index contributed by atoms with van der Waals surface area (Å²) in [4.78, 5) is 0. The summed E-state index contributed by atoms with van der Waals surface area (Å²) < 4.78 is 5.59. The van der Waals surface area contributed by atoms with Crippen molar-refractivity contribution in [2.45, 2.75) is 39.3 Å². The van der Waals surface area contributed by atoms with E-state index in [0.717, 1.165) is 5.56 Å². The molecular formula is C14H17Cl2N3O. The van der Waals surface area contributed by atoms with Crippen LogP contribution in [0.3, 0.4) is 0 Å². The predicted molar refractivity (Wildman–Crippen MR) is 80.2 cm³/mol. The molecule has 0 unspecified atom stereocenters. The van der Waals surface area contributed by atoms with Crippen molar-refractivity contribution >= 4 is 23.2 Å². The number of hydrogen-bond donors (Lipinski definition) is 1. The third-order valence-electron chi connectivity index (χ3n) is 2.62. The molecule has 6 heteroatoms. The Labute approximate surface area is 128 Å². The Morgan fingerprint density at radius 3 is 2.45 bits per heavy atom. The molecule has 0 atom stereocenters. The Morgan fingerprint density at radius 2 is 1.80 bits per heavy atom. The lowest BCUT2D eigenvalue weighted by atomic mass is 10.1. The van der Waals surface area contributed by atoms with Gasteiger partial charge in [-0.2, -0.15) is 0 Å². The van der Waals surface area contributed by atoms with Crippen LogP contribution in [-0.2, 0) is 13.0 Å². The molecule has 20 heavy (non-hydrogen) atoms. The predicted octanol–water partition coefficient (Wildman–Crippen LogP) is 3.86. The van der Waals surface area contributed by atoms with Crippen LogP contribution < -0.4 is 5.32 Å². The second kappa shape index (κ2) is 6.12. The SMILES string of the molecule is CC(C)(C)NCc1nnc(Cc2ccc(Cl)c(Cl)c2)o1. The lowest BCUT2D eigenvalue weighted by Crippen LogP contribution is -2.35. The van der Waals surface area contributed by atoms with Crippen molar-refractivity contribution < 1.29 is 4.42 Å². The zero-order valence-corrected chi connectivity index (χ0v) is 13.2. The summed E-state index contributed by atoms with van der Waals surface area (Å²) in [5.41, 5.74) is 0.997. The fourth-order valence-electron chi connectivity index (χ4n) is 1.60. The highest BCUT2D eigenvalue weighted by molar-refractivity contribution is 6.42. The van der Waals surface area contributed by atoms with Crippen molar-refractivity contribution in [3.63, 3.8) is 0 Å². The lowest BCUT2D eigenvalue weighted by molar-refractivity contribution is 0.373. The number of benzene rings is 1. The van der Waals surface area contributed by atoms with Crippen LogP contribution in [0, 0.1) is 0 Å². The zero-order chi connectivity index (χ0) is 14.8. The van der Waals surface area contributed by atoms with Crippen molar-refractivity contribution in [2.75, 3.05) is 0 Å². The minimum absolute atomic E-state index is 0.0122. The van der Waals surface area contributed by atoms with Gasteiger partial charge in [0.1, 0.15) is 0 Å². The van der Waals surface area contributed by atoms with E-state index in [1.165, 1.54) is 0 Å². The lowest BCUT2D eigenvalue weighted by Gasteiger charge is -2.18. The molecule has 0 fully saturated rings. The van der Waals surface area contributed by atoms with E-state index in [4.69, 9.17) is 27.6 Å². The van der Waals surface area contributed by atoms with E-state index < -0.39 is 0 Å². The van der Waals surface area contributed by atoms with Crippen molar-refractivity contribution in [3.8, 4) is 0 Å². The second-order valence-corrected chi connectivity index (χ2v) is 6.43. The summed E-state index contributed by atoms with van der Waals surface area (Å²) in [5, 5.41) is 12.4. The summed E-state index contributed by atoms with van der Waals surface area (Å²) >= 11 is 11.9. The molecule has 0 saturated carbocycles. The van der Waals surface area contributed by atoms with Crippen LogP contribution in [0.25, 0.3) is 0 Å². The standard InChI is InChI=1S/C14H17Cl2N3O/c1-14(2,3)17-8-13-19-18-12(20-13)7-9-4-5-10(15)11(16)6-9/h4-6,17H,7-8H2,1-3H3. The van der Waals surface area contributed by atoms with Gasteiger partial charge in [-0.3, -0.25) is 0 Å². The van der Waals surface area contributed by atoms with Gasteiger partial charge in [-0.25, -0.2) is 0 Å². The van der Waals surface area contributed by atoms with Gasteiger partial charge in [0.15, 0.2) is 0 Å². The van der Waals surface area contributed by atoms with Gasteiger partial charge in [-0.05, 0) is 38.5 Å². The number of hydrogen-bond acceptors (Lipinski definition) is 4. The first-order valence-corrected chi connectivity index (χ1v) is 7.09. The van der Waals surface area contributed by atoms with Crippen LogP contribution in [0.15, 0.2) is 22.6 Å². The Kier molecular flexibility index (Phi) is 4.68. The molecule has 4 nitrogen and oxygen atoms in total. The van der Waals surface area contributed by atoms with E-state index in [-0.39, 0.29) is 5.54 Å². The summed E-state index contributed by atoms with van der Waals surface area (Å²) in [5.74, 6) is 1.14. The number of aromatic nitrogens is 2. The highest BCUT2D eigenvalue weighted by Gasteiger charge is 2.12. The monoisotopic (exact) mass is 313 g/mol. The Bertz CT molecular complexity index is 590. The maximum absolute atomic E-state index is 5.98. The molecule has 1 aromatic heterocycles. The molecule has 2 rings (SSSR count). The van der Waals surface area contributed by atoms with Crippen LogP contribution in [0.5, 0.6) is 0 Å². The van der Waals surface area contributed by atoms with Crippen molar-refractivity contribution in [1.82, 2.24) is 15.5 Å². The molecule has 0 aliphatic carbocycles. The zero-order valence-electron chi connectivity index (χ0n) is 11.7. The van der Waals surface area contributed by atoms with Crippen molar-refractivity contribution in [2.24, 2.45) is 0 Å². The molecular weight excluding hydrogens is 297 g/mol. The molecule has 0 amide bonds. The number of nitrogens with zero attached hydrogens (tertiary/aromatic N) is 2. The summed E-state index contributed by atoms with van der Waals surface area (Å²) in [6.45, 7) is 6.80.